The van der Waals surface area contributed by atoms with E-state index in [2.05, 4.69) is 9.71 Å². The predicted octanol–water partition coefficient (Wildman–Crippen LogP) is 3.20. The van der Waals surface area contributed by atoms with Gasteiger partial charge >= 0.3 is 0 Å². The lowest BCUT2D eigenvalue weighted by molar-refractivity contribution is 0.406. The zero-order valence-electron chi connectivity index (χ0n) is 13.1. The first-order chi connectivity index (χ1) is 11.5. The van der Waals surface area contributed by atoms with Gasteiger partial charge in [-0.25, -0.2) is 18.1 Å². The van der Waals surface area contributed by atoms with E-state index in [1.54, 1.807) is 17.6 Å². The Kier molecular flexibility index (Phi) is 4.70. The molecule has 24 heavy (non-hydrogen) atoms. The van der Waals surface area contributed by atoms with Crippen molar-refractivity contribution in [3.05, 3.63) is 53.4 Å². The maximum Gasteiger partial charge on any atom is 0.254 e. The van der Waals surface area contributed by atoms with Gasteiger partial charge < -0.3 is 9.15 Å². The third kappa shape index (κ3) is 3.50. The lowest BCUT2D eigenvalue weighted by Gasteiger charge is -2.05. The molecule has 6 nitrogen and oxygen atoms in total. The summed E-state index contributed by atoms with van der Waals surface area (Å²) in [5, 5.41) is 1.66. The first kappa shape index (κ1) is 16.7. The number of hydrogen-bond donors (Lipinski definition) is 1. The van der Waals surface area contributed by atoms with E-state index in [9.17, 15) is 8.42 Å². The normalized spacial score (nSPS) is 11.6. The first-order valence-corrected chi connectivity index (χ1v) is 9.49. The average Bonchev–Trinajstić information content (AvgIpc) is 3.23. The molecular formula is C16H16N2O4S2. The minimum absolute atomic E-state index is 0.0325. The van der Waals surface area contributed by atoms with Crippen LogP contribution in [0.25, 0.3) is 11.3 Å². The summed E-state index contributed by atoms with van der Waals surface area (Å²) in [5.74, 6) is 1.21. The molecule has 0 spiro atoms. The predicted molar refractivity (Wildman–Crippen MR) is 91.6 cm³/mol. The van der Waals surface area contributed by atoms with Gasteiger partial charge in [-0.05, 0) is 18.4 Å². The van der Waals surface area contributed by atoms with E-state index in [1.165, 1.54) is 7.11 Å². The van der Waals surface area contributed by atoms with Crippen LogP contribution in [0.15, 0.2) is 50.5 Å². The number of thiophene rings is 1. The quantitative estimate of drug-likeness (QED) is 0.726. The van der Waals surface area contributed by atoms with Crippen molar-refractivity contribution >= 4 is 21.4 Å². The molecule has 0 atom stereocenters. The highest BCUT2D eigenvalue weighted by molar-refractivity contribution is 7.91. The number of oxazole rings is 1. The Morgan fingerprint density at radius 3 is 2.71 bits per heavy atom. The van der Waals surface area contributed by atoms with Gasteiger partial charge in [-0.2, -0.15) is 0 Å². The Morgan fingerprint density at radius 1 is 1.25 bits per heavy atom. The molecule has 126 valence electrons. The van der Waals surface area contributed by atoms with Crippen LogP contribution in [0, 0.1) is 6.92 Å². The van der Waals surface area contributed by atoms with E-state index in [1.807, 2.05) is 31.2 Å². The lowest BCUT2D eigenvalue weighted by Crippen LogP contribution is -2.22. The van der Waals surface area contributed by atoms with Gasteiger partial charge in [0.05, 0.1) is 19.9 Å². The highest BCUT2D eigenvalue weighted by atomic mass is 32.2. The average molecular weight is 364 g/mol. The number of sulfonamides is 1. The Bertz CT molecular complexity index is 927. The van der Waals surface area contributed by atoms with Gasteiger partial charge in [0.25, 0.3) is 10.0 Å². The summed E-state index contributed by atoms with van der Waals surface area (Å²) < 4.78 is 37.9. The summed E-state index contributed by atoms with van der Waals surface area (Å²) in [6.45, 7) is 1.97. The number of methoxy groups -OCH3 is 1. The van der Waals surface area contributed by atoms with Crippen LogP contribution in [0.3, 0.4) is 0 Å². The van der Waals surface area contributed by atoms with Crippen LogP contribution in [-0.2, 0) is 16.6 Å². The molecule has 0 aliphatic heterocycles. The fraction of sp³-hybridized carbons (Fsp3) is 0.188. The summed E-state index contributed by atoms with van der Waals surface area (Å²) in [6.07, 6.45) is 1.58. The molecule has 2 aromatic heterocycles. The van der Waals surface area contributed by atoms with E-state index >= 15 is 0 Å². The van der Waals surface area contributed by atoms with Crippen LogP contribution < -0.4 is 9.46 Å². The van der Waals surface area contributed by atoms with Gasteiger partial charge in [-0.15, -0.1) is 11.3 Å². The molecule has 2 heterocycles. The summed E-state index contributed by atoms with van der Waals surface area (Å²) in [5.41, 5.74) is 2.04. The van der Waals surface area contributed by atoms with Crippen molar-refractivity contribution in [3.8, 4) is 17.1 Å². The van der Waals surface area contributed by atoms with Gasteiger partial charge in [0.2, 0.25) is 5.89 Å². The zero-order chi connectivity index (χ0) is 17.2. The third-order valence-electron chi connectivity index (χ3n) is 3.36. The maximum atomic E-state index is 12.3. The van der Waals surface area contributed by atoms with Crippen LogP contribution in [-0.4, -0.2) is 20.5 Å². The molecule has 0 amide bonds. The topological polar surface area (TPSA) is 81.4 Å². The minimum Gasteiger partial charge on any atom is -0.494 e. The molecule has 0 aliphatic carbocycles. The molecule has 0 unspecified atom stereocenters. The number of nitrogens with zero attached hydrogens (tertiary/aromatic N) is 1. The number of nitrogens with one attached hydrogen (secondary N) is 1. The second-order valence-electron chi connectivity index (χ2n) is 5.09. The van der Waals surface area contributed by atoms with Crippen molar-refractivity contribution < 1.29 is 17.6 Å². The summed E-state index contributed by atoms with van der Waals surface area (Å²) in [4.78, 5) is 4.12. The molecule has 1 aromatic carbocycles. The van der Waals surface area contributed by atoms with E-state index < -0.39 is 10.0 Å². The Hall–Kier alpha value is -2.16. The molecular weight excluding hydrogens is 348 g/mol. The van der Waals surface area contributed by atoms with Crippen LogP contribution in [0.5, 0.6) is 5.75 Å². The van der Waals surface area contributed by atoms with Crippen molar-refractivity contribution in [3.63, 3.8) is 0 Å². The molecule has 0 aliphatic rings. The third-order valence-corrected chi connectivity index (χ3v) is 6.21. The van der Waals surface area contributed by atoms with Gasteiger partial charge in [0.1, 0.15) is 5.75 Å². The highest BCUT2D eigenvalue weighted by Gasteiger charge is 2.21. The molecule has 8 heteroatoms. The SMILES string of the molecule is COc1ccsc1S(=O)(=O)NCc1ncc(-c2ccc(C)cc2)o1. The zero-order valence-corrected chi connectivity index (χ0v) is 14.8. The van der Waals surface area contributed by atoms with E-state index in [-0.39, 0.29) is 10.8 Å². The van der Waals surface area contributed by atoms with Gasteiger partial charge in [0, 0.05) is 5.56 Å². The van der Waals surface area contributed by atoms with Crippen molar-refractivity contribution in [1.29, 1.82) is 0 Å². The molecule has 0 radical (unpaired) electrons. The van der Waals surface area contributed by atoms with Gasteiger partial charge in [0.15, 0.2) is 9.97 Å². The lowest BCUT2D eigenvalue weighted by atomic mass is 10.1. The van der Waals surface area contributed by atoms with Crippen LogP contribution in [0.1, 0.15) is 11.5 Å². The summed E-state index contributed by atoms with van der Waals surface area (Å²) in [7, 11) is -2.24. The van der Waals surface area contributed by atoms with Crippen molar-refractivity contribution in [1.82, 2.24) is 9.71 Å². The largest absolute Gasteiger partial charge is 0.494 e. The Morgan fingerprint density at radius 2 is 2.00 bits per heavy atom. The molecule has 3 aromatic rings. The number of rotatable bonds is 6. The first-order valence-electron chi connectivity index (χ1n) is 7.12. The van der Waals surface area contributed by atoms with E-state index in [0.717, 1.165) is 22.5 Å². The molecule has 0 saturated carbocycles. The number of benzene rings is 1. The number of aromatic nitrogens is 1. The van der Waals surface area contributed by atoms with Gasteiger partial charge in [-0.1, -0.05) is 29.8 Å². The van der Waals surface area contributed by atoms with Gasteiger partial charge in [-0.3, -0.25) is 0 Å². The molecule has 3 rings (SSSR count). The monoisotopic (exact) mass is 364 g/mol. The molecule has 0 fully saturated rings. The second-order valence-corrected chi connectivity index (χ2v) is 7.96. The van der Waals surface area contributed by atoms with Crippen molar-refractivity contribution in [2.45, 2.75) is 17.7 Å². The second kappa shape index (κ2) is 6.76. The fourth-order valence-corrected chi connectivity index (χ4v) is 4.39. The van der Waals surface area contributed by atoms with Crippen LogP contribution in [0.4, 0.5) is 0 Å². The molecule has 0 saturated heterocycles. The number of ether oxygens (including phenoxy) is 1. The number of aryl methyl sites for hydroxylation is 1. The van der Waals surface area contributed by atoms with E-state index in [0.29, 0.717) is 17.4 Å². The minimum atomic E-state index is -3.68. The van der Waals surface area contributed by atoms with Crippen molar-refractivity contribution in [2.75, 3.05) is 7.11 Å². The van der Waals surface area contributed by atoms with Crippen LogP contribution in [0.2, 0.25) is 0 Å². The van der Waals surface area contributed by atoms with Crippen LogP contribution >= 0.6 is 11.3 Å². The summed E-state index contributed by atoms with van der Waals surface area (Å²) in [6, 6.07) is 9.42. The molecule has 0 bridgehead atoms. The Balaban J connectivity index is 1.72. The summed E-state index contributed by atoms with van der Waals surface area (Å²) >= 11 is 1.09. The number of hydrogen-bond acceptors (Lipinski definition) is 6. The van der Waals surface area contributed by atoms with Crippen molar-refractivity contribution in [2.24, 2.45) is 0 Å². The Labute approximate surface area is 144 Å². The maximum absolute atomic E-state index is 12.3. The standard InChI is InChI=1S/C16H16N2O4S2/c1-11-3-5-12(6-4-11)14-9-17-15(22-14)10-18-24(19,20)16-13(21-2)7-8-23-16/h3-9,18H,10H2,1-2H3. The fourth-order valence-electron chi connectivity index (χ4n) is 2.10. The molecule has 1 N–H and O–H groups in total. The van der Waals surface area contributed by atoms with E-state index in [4.69, 9.17) is 9.15 Å². The highest BCUT2D eigenvalue weighted by Crippen LogP contribution is 2.29. The smallest absolute Gasteiger partial charge is 0.254 e.